The molecule has 20 heavy (non-hydrogen) atoms. The van der Waals surface area contributed by atoms with Crippen molar-refractivity contribution in [1.82, 2.24) is 10.3 Å². The molecule has 1 N–H and O–H groups in total. The van der Waals surface area contributed by atoms with Gasteiger partial charge in [-0.1, -0.05) is 47.5 Å². The van der Waals surface area contributed by atoms with Gasteiger partial charge in [0.15, 0.2) is 0 Å². The Hall–Kier alpha value is -1.13. The predicted molar refractivity (Wildman–Crippen MR) is 79.9 cm³/mol. The Bertz CT molecular complexity index is 598. The molecule has 0 fully saturated rings. The normalized spacial score (nSPS) is 17.2. The fraction of sp³-hybridized carbons (Fsp3) is 0.267. The lowest BCUT2D eigenvalue weighted by atomic mass is 10.1. The second-order valence-electron chi connectivity index (χ2n) is 4.71. The fourth-order valence-corrected chi connectivity index (χ4v) is 2.86. The van der Waals surface area contributed by atoms with Crippen LogP contribution in [-0.4, -0.2) is 11.5 Å². The number of ether oxygens (including phenoxy) is 1. The van der Waals surface area contributed by atoms with E-state index in [9.17, 15) is 0 Å². The summed E-state index contributed by atoms with van der Waals surface area (Å²) in [4.78, 5) is 3.94. The standard InChI is InChI=1S/C15H14Cl2N2O/c16-13-6-19-7-14(17)12(13)5-18-8-15-11-4-2-1-3-10(11)9-20-15/h1-4,6-7,15,18H,5,8-9H2. The van der Waals surface area contributed by atoms with Crippen LogP contribution in [0.5, 0.6) is 0 Å². The van der Waals surface area contributed by atoms with Crippen molar-refractivity contribution in [3.8, 4) is 0 Å². The van der Waals surface area contributed by atoms with Gasteiger partial charge in [-0.25, -0.2) is 0 Å². The first-order valence-electron chi connectivity index (χ1n) is 6.43. The molecule has 0 amide bonds. The zero-order chi connectivity index (χ0) is 13.9. The average Bonchev–Trinajstić information content (AvgIpc) is 2.86. The second-order valence-corrected chi connectivity index (χ2v) is 5.53. The zero-order valence-electron chi connectivity index (χ0n) is 10.8. The van der Waals surface area contributed by atoms with E-state index in [0.29, 0.717) is 23.2 Å². The van der Waals surface area contributed by atoms with Crippen molar-refractivity contribution in [2.75, 3.05) is 6.54 Å². The summed E-state index contributed by atoms with van der Waals surface area (Å²) in [6.07, 6.45) is 3.29. The van der Waals surface area contributed by atoms with Crippen LogP contribution in [0.2, 0.25) is 10.0 Å². The van der Waals surface area contributed by atoms with Crippen LogP contribution < -0.4 is 5.32 Å². The number of hydrogen-bond acceptors (Lipinski definition) is 3. The number of pyridine rings is 1. The average molecular weight is 309 g/mol. The molecule has 1 aliphatic rings. The second kappa shape index (κ2) is 6.10. The Kier molecular flexibility index (Phi) is 4.22. The van der Waals surface area contributed by atoms with E-state index in [2.05, 4.69) is 22.4 Å². The quantitative estimate of drug-likeness (QED) is 0.934. The van der Waals surface area contributed by atoms with Crippen molar-refractivity contribution in [3.63, 3.8) is 0 Å². The molecule has 2 heterocycles. The van der Waals surface area contributed by atoms with Crippen LogP contribution in [0.3, 0.4) is 0 Å². The van der Waals surface area contributed by atoms with Gasteiger partial charge in [0, 0.05) is 31.0 Å². The molecular formula is C15H14Cl2N2O. The van der Waals surface area contributed by atoms with Crippen LogP contribution in [0.15, 0.2) is 36.7 Å². The SMILES string of the molecule is Clc1cncc(Cl)c1CNCC1OCc2ccccc21. The number of fused-ring (bicyclic) bond motifs is 1. The van der Waals surface area contributed by atoms with Gasteiger partial charge in [0.25, 0.3) is 0 Å². The van der Waals surface area contributed by atoms with E-state index in [4.69, 9.17) is 27.9 Å². The molecule has 3 nitrogen and oxygen atoms in total. The van der Waals surface area contributed by atoms with Crippen molar-refractivity contribution in [2.45, 2.75) is 19.3 Å². The largest absolute Gasteiger partial charge is 0.367 e. The predicted octanol–water partition coefficient (Wildman–Crippen LogP) is 3.75. The number of nitrogens with zero attached hydrogens (tertiary/aromatic N) is 1. The Morgan fingerprint density at radius 1 is 1.20 bits per heavy atom. The van der Waals surface area contributed by atoms with E-state index >= 15 is 0 Å². The van der Waals surface area contributed by atoms with Gasteiger partial charge in [0.1, 0.15) is 0 Å². The molecule has 1 atom stereocenters. The molecule has 1 aromatic carbocycles. The molecule has 3 rings (SSSR count). The monoisotopic (exact) mass is 308 g/mol. The molecule has 1 aliphatic heterocycles. The molecule has 2 aromatic rings. The van der Waals surface area contributed by atoms with E-state index in [1.165, 1.54) is 11.1 Å². The van der Waals surface area contributed by atoms with Crippen LogP contribution in [-0.2, 0) is 17.9 Å². The van der Waals surface area contributed by atoms with Gasteiger partial charge in [0.05, 0.1) is 22.8 Å². The lowest BCUT2D eigenvalue weighted by Crippen LogP contribution is -2.21. The Morgan fingerprint density at radius 3 is 2.75 bits per heavy atom. The topological polar surface area (TPSA) is 34.2 Å². The summed E-state index contributed by atoms with van der Waals surface area (Å²) in [5.74, 6) is 0. The van der Waals surface area contributed by atoms with Gasteiger partial charge in [-0.15, -0.1) is 0 Å². The Labute approximate surface area is 127 Å². The smallest absolute Gasteiger partial charge is 0.0957 e. The van der Waals surface area contributed by atoms with E-state index in [0.717, 1.165) is 12.1 Å². The third kappa shape index (κ3) is 2.81. The molecule has 1 aromatic heterocycles. The Morgan fingerprint density at radius 2 is 1.95 bits per heavy atom. The third-order valence-electron chi connectivity index (χ3n) is 3.43. The number of aromatic nitrogens is 1. The van der Waals surface area contributed by atoms with E-state index in [1.54, 1.807) is 12.4 Å². The molecule has 0 aliphatic carbocycles. The van der Waals surface area contributed by atoms with Crippen LogP contribution in [0.4, 0.5) is 0 Å². The minimum absolute atomic E-state index is 0.0885. The molecule has 0 bridgehead atoms. The van der Waals surface area contributed by atoms with Crippen LogP contribution >= 0.6 is 23.2 Å². The van der Waals surface area contributed by atoms with Crippen LogP contribution in [0.1, 0.15) is 22.8 Å². The maximum atomic E-state index is 6.09. The number of halogens is 2. The third-order valence-corrected chi connectivity index (χ3v) is 4.08. The zero-order valence-corrected chi connectivity index (χ0v) is 12.3. The highest BCUT2D eigenvalue weighted by atomic mass is 35.5. The van der Waals surface area contributed by atoms with Gasteiger partial charge in [0.2, 0.25) is 0 Å². The van der Waals surface area contributed by atoms with Crippen LogP contribution in [0, 0.1) is 0 Å². The number of benzene rings is 1. The molecule has 0 saturated carbocycles. The molecular weight excluding hydrogens is 295 g/mol. The lowest BCUT2D eigenvalue weighted by Gasteiger charge is -2.13. The molecule has 0 radical (unpaired) electrons. The first-order valence-corrected chi connectivity index (χ1v) is 7.19. The highest BCUT2D eigenvalue weighted by Gasteiger charge is 2.22. The maximum absolute atomic E-state index is 6.09. The first-order chi connectivity index (χ1) is 9.75. The van der Waals surface area contributed by atoms with Gasteiger partial charge < -0.3 is 10.1 Å². The van der Waals surface area contributed by atoms with Crippen molar-refractivity contribution >= 4 is 23.2 Å². The summed E-state index contributed by atoms with van der Waals surface area (Å²) < 4.78 is 5.78. The Balaban J connectivity index is 1.62. The highest BCUT2D eigenvalue weighted by Crippen LogP contribution is 2.30. The number of rotatable bonds is 4. The minimum Gasteiger partial charge on any atom is -0.367 e. The first kappa shape index (κ1) is 13.8. The molecule has 1 unspecified atom stereocenters. The molecule has 0 spiro atoms. The van der Waals surface area contributed by atoms with E-state index in [1.807, 2.05) is 12.1 Å². The summed E-state index contributed by atoms with van der Waals surface area (Å²) in [6.45, 7) is 2.01. The molecule has 5 heteroatoms. The molecule has 0 saturated heterocycles. The summed E-state index contributed by atoms with van der Waals surface area (Å²) in [7, 11) is 0. The highest BCUT2D eigenvalue weighted by molar-refractivity contribution is 6.35. The summed E-state index contributed by atoms with van der Waals surface area (Å²) in [6, 6.07) is 8.29. The fourth-order valence-electron chi connectivity index (χ4n) is 2.36. The summed E-state index contributed by atoms with van der Waals surface area (Å²) in [5.41, 5.74) is 3.39. The van der Waals surface area contributed by atoms with Crippen molar-refractivity contribution in [3.05, 3.63) is 63.4 Å². The van der Waals surface area contributed by atoms with Gasteiger partial charge in [-0.3, -0.25) is 4.98 Å². The van der Waals surface area contributed by atoms with Gasteiger partial charge in [-0.05, 0) is 11.1 Å². The molecule has 104 valence electrons. The van der Waals surface area contributed by atoms with Gasteiger partial charge in [-0.2, -0.15) is 0 Å². The van der Waals surface area contributed by atoms with Gasteiger partial charge >= 0.3 is 0 Å². The number of nitrogens with one attached hydrogen (secondary N) is 1. The lowest BCUT2D eigenvalue weighted by molar-refractivity contribution is 0.0658. The minimum atomic E-state index is 0.0885. The summed E-state index contributed by atoms with van der Waals surface area (Å²) in [5, 5.41) is 4.51. The van der Waals surface area contributed by atoms with Crippen molar-refractivity contribution < 1.29 is 4.74 Å². The van der Waals surface area contributed by atoms with E-state index < -0.39 is 0 Å². The van der Waals surface area contributed by atoms with Crippen LogP contribution in [0.25, 0.3) is 0 Å². The van der Waals surface area contributed by atoms with Crippen molar-refractivity contribution in [2.24, 2.45) is 0 Å². The van der Waals surface area contributed by atoms with E-state index in [-0.39, 0.29) is 6.10 Å². The van der Waals surface area contributed by atoms with Crippen molar-refractivity contribution in [1.29, 1.82) is 0 Å². The number of hydrogen-bond donors (Lipinski definition) is 1. The summed E-state index contributed by atoms with van der Waals surface area (Å²) >= 11 is 12.2. The maximum Gasteiger partial charge on any atom is 0.0957 e.